The lowest BCUT2D eigenvalue weighted by Crippen LogP contribution is -2.30. The molecule has 3 rings (SSSR count). The number of benzene rings is 2. The largest absolute Gasteiger partial charge is 0.471 e. The van der Waals surface area contributed by atoms with Crippen LogP contribution >= 0.6 is 0 Å². The quantitative estimate of drug-likeness (QED) is 0.570. The minimum Gasteiger partial charge on any atom is -0.436 e. The van der Waals surface area contributed by atoms with E-state index in [0.717, 1.165) is 0 Å². The van der Waals surface area contributed by atoms with Gasteiger partial charge >= 0.3 is 12.1 Å². The molecular weight excluding hydrogens is 343 g/mol. The normalized spacial score (nSPS) is 11.5. The molecule has 0 saturated carbocycles. The number of carbonyl (C=O) groups is 1. The molecule has 0 aliphatic rings. The number of aromatic nitrogens is 1. The molecular formula is C15H8F3N3O4. The Labute approximate surface area is 137 Å². The molecule has 0 aliphatic carbocycles. The Balaban J connectivity index is 2.03. The average molecular weight is 351 g/mol. The van der Waals surface area contributed by atoms with Gasteiger partial charge in [-0.1, -0.05) is 12.1 Å². The molecule has 25 heavy (non-hydrogen) atoms. The minimum absolute atomic E-state index is 0.0754. The van der Waals surface area contributed by atoms with Crippen molar-refractivity contribution in [2.75, 3.05) is 5.32 Å². The third-order valence-corrected chi connectivity index (χ3v) is 3.25. The van der Waals surface area contributed by atoms with Gasteiger partial charge in [-0.2, -0.15) is 13.2 Å². The standard InChI is InChI=1S/C15H8F3N3O4/c16-15(17,18)14(22)20-10-4-2-1-3-9(10)13-19-11-7-8(21(23)24)5-6-12(11)25-13/h1-7H,(H,20,22). The molecule has 0 fully saturated rings. The second kappa shape index (κ2) is 5.89. The monoisotopic (exact) mass is 351 g/mol. The molecule has 128 valence electrons. The molecule has 2 aromatic carbocycles. The maximum atomic E-state index is 12.4. The number of fused-ring (bicyclic) bond motifs is 1. The summed E-state index contributed by atoms with van der Waals surface area (Å²) in [6.45, 7) is 0. The Morgan fingerprint density at radius 1 is 1.20 bits per heavy atom. The first-order valence-electron chi connectivity index (χ1n) is 6.78. The highest BCUT2D eigenvalue weighted by molar-refractivity contribution is 5.98. The molecule has 1 N–H and O–H groups in total. The van der Waals surface area contributed by atoms with Crippen molar-refractivity contribution in [2.45, 2.75) is 6.18 Å². The van der Waals surface area contributed by atoms with Crippen LogP contribution in [0, 0.1) is 10.1 Å². The number of carbonyl (C=O) groups excluding carboxylic acids is 1. The van der Waals surface area contributed by atoms with Crippen LogP contribution in [0.1, 0.15) is 0 Å². The van der Waals surface area contributed by atoms with E-state index < -0.39 is 17.0 Å². The van der Waals surface area contributed by atoms with Crippen LogP contribution < -0.4 is 5.32 Å². The van der Waals surface area contributed by atoms with E-state index in [2.05, 4.69) is 4.98 Å². The number of anilines is 1. The first kappa shape index (κ1) is 16.4. The third-order valence-electron chi connectivity index (χ3n) is 3.25. The molecule has 0 bridgehead atoms. The number of para-hydroxylation sites is 1. The van der Waals surface area contributed by atoms with Crippen molar-refractivity contribution in [1.82, 2.24) is 4.98 Å². The highest BCUT2D eigenvalue weighted by Gasteiger charge is 2.39. The fourth-order valence-corrected chi connectivity index (χ4v) is 2.12. The molecule has 0 aliphatic heterocycles. The van der Waals surface area contributed by atoms with Crippen LogP contribution in [0.5, 0.6) is 0 Å². The topological polar surface area (TPSA) is 98.3 Å². The summed E-state index contributed by atoms with van der Waals surface area (Å²) in [5.41, 5.74) is 0.148. The number of hydrogen-bond acceptors (Lipinski definition) is 5. The van der Waals surface area contributed by atoms with Gasteiger partial charge < -0.3 is 9.73 Å². The molecule has 1 heterocycles. The number of nitrogens with one attached hydrogen (secondary N) is 1. The molecule has 1 amide bonds. The third kappa shape index (κ3) is 3.27. The van der Waals surface area contributed by atoms with Gasteiger partial charge in [0.1, 0.15) is 5.52 Å². The van der Waals surface area contributed by atoms with Gasteiger partial charge in [0.25, 0.3) is 5.69 Å². The van der Waals surface area contributed by atoms with Crippen LogP contribution in [0.2, 0.25) is 0 Å². The van der Waals surface area contributed by atoms with Crippen molar-refractivity contribution in [3.05, 3.63) is 52.6 Å². The molecule has 0 radical (unpaired) electrons. The SMILES string of the molecule is O=C(Nc1ccccc1-c1nc2cc([N+](=O)[O-])ccc2o1)C(F)(F)F. The number of nitro benzene ring substituents is 1. The van der Waals surface area contributed by atoms with Crippen LogP contribution in [0.4, 0.5) is 24.5 Å². The fraction of sp³-hybridized carbons (Fsp3) is 0.0667. The Morgan fingerprint density at radius 2 is 1.92 bits per heavy atom. The lowest BCUT2D eigenvalue weighted by Gasteiger charge is -2.10. The number of amides is 1. The highest BCUT2D eigenvalue weighted by Crippen LogP contribution is 2.32. The van der Waals surface area contributed by atoms with Gasteiger partial charge in [-0.15, -0.1) is 0 Å². The van der Waals surface area contributed by atoms with E-state index in [9.17, 15) is 28.1 Å². The summed E-state index contributed by atoms with van der Waals surface area (Å²) in [4.78, 5) is 25.4. The van der Waals surface area contributed by atoms with E-state index in [1.807, 2.05) is 0 Å². The number of nitro groups is 1. The van der Waals surface area contributed by atoms with Gasteiger partial charge in [0, 0.05) is 12.1 Å². The molecule has 3 aromatic rings. The van der Waals surface area contributed by atoms with Crippen molar-refractivity contribution >= 4 is 28.4 Å². The van der Waals surface area contributed by atoms with Crippen molar-refractivity contribution in [1.29, 1.82) is 0 Å². The summed E-state index contributed by atoms with van der Waals surface area (Å²) in [7, 11) is 0. The highest BCUT2D eigenvalue weighted by atomic mass is 19.4. The molecule has 0 unspecified atom stereocenters. The zero-order valence-corrected chi connectivity index (χ0v) is 12.2. The van der Waals surface area contributed by atoms with Gasteiger partial charge in [0.05, 0.1) is 16.2 Å². The van der Waals surface area contributed by atoms with E-state index in [0.29, 0.717) is 0 Å². The minimum atomic E-state index is -5.05. The van der Waals surface area contributed by atoms with Crippen molar-refractivity contribution < 1.29 is 27.3 Å². The smallest absolute Gasteiger partial charge is 0.436 e. The average Bonchev–Trinajstić information content (AvgIpc) is 2.97. The summed E-state index contributed by atoms with van der Waals surface area (Å²) in [6.07, 6.45) is -5.05. The van der Waals surface area contributed by atoms with Gasteiger partial charge in [-0.25, -0.2) is 4.98 Å². The Kier molecular flexibility index (Phi) is 3.87. The van der Waals surface area contributed by atoms with Gasteiger partial charge in [0.15, 0.2) is 5.58 Å². The summed E-state index contributed by atoms with van der Waals surface area (Å²) in [6, 6.07) is 9.36. The van der Waals surface area contributed by atoms with E-state index >= 15 is 0 Å². The molecule has 7 nitrogen and oxygen atoms in total. The first-order chi connectivity index (χ1) is 11.8. The zero-order valence-electron chi connectivity index (χ0n) is 12.2. The Morgan fingerprint density at radius 3 is 2.60 bits per heavy atom. The van der Waals surface area contributed by atoms with Crippen molar-refractivity contribution in [3.63, 3.8) is 0 Å². The molecule has 1 aromatic heterocycles. The van der Waals surface area contributed by atoms with E-state index in [1.54, 1.807) is 5.32 Å². The predicted molar refractivity (Wildman–Crippen MR) is 80.8 cm³/mol. The lowest BCUT2D eigenvalue weighted by atomic mass is 10.1. The van der Waals surface area contributed by atoms with E-state index in [-0.39, 0.29) is 33.9 Å². The number of halogens is 3. The van der Waals surface area contributed by atoms with Gasteiger partial charge in [0.2, 0.25) is 5.89 Å². The van der Waals surface area contributed by atoms with Crippen molar-refractivity contribution in [2.24, 2.45) is 0 Å². The van der Waals surface area contributed by atoms with Gasteiger partial charge in [-0.3, -0.25) is 14.9 Å². The first-order valence-corrected chi connectivity index (χ1v) is 6.78. The second-order valence-electron chi connectivity index (χ2n) is 4.93. The number of non-ortho nitro benzene ring substituents is 1. The molecule has 10 heteroatoms. The Bertz CT molecular complexity index is 982. The van der Waals surface area contributed by atoms with Crippen LogP contribution in [0.25, 0.3) is 22.6 Å². The summed E-state index contributed by atoms with van der Waals surface area (Å²) < 4.78 is 42.8. The van der Waals surface area contributed by atoms with E-state index in [4.69, 9.17) is 4.42 Å². The fourth-order valence-electron chi connectivity index (χ4n) is 2.12. The number of hydrogen-bond donors (Lipinski definition) is 1. The summed E-state index contributed by atoms with van der Waals surface area (Å²) >= 11 is 0. The molecule has 0 spiro atoms. The Hall–Kier alpha value is -3.43. The van der Waals surface area contributed by atoms with Gasteiger partial charge in [-0.05, 0) is 18.2 Å². The predicted octanol–water partition coefficient (Wildman–Crippen LogP) is 3.90. The number of rotatable bonds is 3. The number of oxazole rings is 1. The molecule has 0 saturated heterocycles. The van der Waals surface area contributed by atoms with Crippen molar-refractivity contribution in [3.8, 4) is 11.5 Å². The maximum Gasteiger partial charge on any atom is 0.471 e. The molecule has 0 atom stereocenters. The summed E-state index contributed by atoms with van der Waals surface area (Å²) in [5.74, 6) is -2.21. The van der Waals surface area contributed by atoms with Crippen LogP contribution in [-0.2, 0) is 4.79 Å². The second-order valence-corrected chi connectivity index (χ2v) is 4.93. The lowest BCUT2D eigenvalue weighted by molar-refractivity contribution is -0.384. The zero-order chi connectivity index (χ0) is 18.2. The van der Waals surface area contributed by atoms with E-state index in [1.165, 1.54) is 42.5 Å². The number of alkyl halides is 3. The van der Waals surface area contributed by atoms with Crippen LogP contribution in [-0.4, -0.2) is 22.0 Å². The number of nitrogens with zero attached hydrogens (tertiary/aromatic N) is 2. The summed E-state index contributed by atoms with van der Waals surface area (Å²) in [5, 5.41) is 12.5. The van der Waals surface area contributed by atoms with Crippen LogP contribution in [0.3, 0.4) is 0 Å². The van der Waals surface area contributed by atoms with Crippen LogP contribution in [0.15, 0.2) is 46.9 Å². The maximum absolute atomic E-state index is 12.4.